The summed E-state index contributed by atoms with van der Waals surface area (Å²) in [7, 11) is 1.99. The summed E-state index contributed by atoms with van der Waals surface area (Å²) in [6.45, 7) is 0. The molecule has 0 saturated heterocycles. The van der Waals surface area contributed by atoms with Crippen LogP contribution in [-0.2, 0) is 4.79 Å². The van der Waals surface area contributed by atoms with Crippen LogP contribution in [0.3, 0.4) is 0 Å². The van der Waals surface area contributed by atoms with Crippen molar-refractivity contribution in [2.24, 2.45) is 17.8 Å². The highest BCUT2D eigenvalue weighted by Gasteiger charge is 2.51. The van der Waals surface area contributed by atoms with Gasteiger partial charge in [-0.1, -0.05) is 0 Å². The van der Waals surface area contributed by atoms with Crippen molar-refractivity contribution in [3.63, 3.8) is 0 Å². The molecule has 2 aliphatic carbocycles. The molecule has 74 valence electrons. The van der Waals surface area contributed by atoms with E-state index in [0.717, 1.165) is 11.2 Å². The average molecular weight is 199 g/mol. The molecule has 0 aromatic rings. The molecular weight excluding hydrogens is 182 g/mol. The van der Waals surface area contributed by atoms with Crippen molar-refractivity contribution in [3.05, 3.63) is 0 Å². The third-order valence-corrected chi connectivity index (χ3v) is 4.95. The number of nitrogens with one attached hydrogen (secondary N) is 1. The third-order valence-electron chi connectivity index (χ3n) is 3.80. The summed E-state index contributed by atoms with van der Waals surface area (Å²) < 4.78 is 0. The first kappa shape index (κ1) is 9.53. The maximum atomic E-state index is 10.9. The van der Waals surface area contributed by atoms with E-state index in [4.69, 9.17) is 0 Å². The standard InChI is InChI=1S/C10H17NOS/c1-11-10-7-3-6(8(10)5-12)4-9(7)13-2/h5-11H,3-4H2,1-2H3. The lowest BCUT2D eigenvalue weighted by Gasteiger charge is -2.32. The van der Waals surface area contributed by atoms with Gasteiger partial charge in [-0.3, -0.25) is 0 Å². The Bertz CT molecular complexity index is 209. The van der Waals surface area contributed by atoms with Crippen molar-refractivity contribution in [1.29, 1.82) is 0 Å². The van der Waals surface area contributed by atoms with Crippen LogP contribution in [0, 0.1) is 17.8 Å². The van der Waals surface area contributed by atoms with Gasteiger partial charge in [0.1, 0.15) is 6.29 Å². The number of fused-ring (bicyclic) bond motifs is 2. The minimum atomic E-state index is 0.290. The van der Waals surface area contributed by atoms with E-state index >= 15 is 0 Å². The quantitative estimate of drug-likeness (QED) is 0.692. The average Bonchev–Trinajstić information content (AvgIpc) is 2.72. The van der Waals surface area contributed by atoms with Crippen LogP contribution in [0.1, 0.15) is 12.8 Å². The molecule has 2 rings (SSSR count). The Morgan fingerprint density at radius 3 is 2.77 bits per heavy atom. The normalized spacial score (nSPS) is 48.3. The minimum absolute atomic E-state index is 0.290. The molecular formula is C10H17NOS. The van der Waals surface area contributed by atoms with Crippen molar-refractivity contribution in [1.82, 2.24) is 5.32 Å². The van der Waals surface area contributed by atoms with E-state index in [1.54, 1.807) is 0 Å². The summed E-state index contributed by atoms with van der Waals surface area (Å²) >= 11 is 1.97. The fourth-order valence-electron chi connectivity index (χ4n) is 3.21. The van der Waals surface area contributed by atoms with E-state index < -0.39 is 0 Å². The number of hydrogen-bond donors (Lipinski definition) is 1. The van der Waals surface area contributed by atoms with Crippen LogP contribution >= 0.6 is 11.8 Å². The van der Waals surface area contributed by atoms with Gasteiger partial charge in [0.25, 0.3) is 0 Å². The summed E-state index contributed by atoms with van der Waals surface area (Å²) in [5.41, 5.74) is 0. The fraction of sp³-hybridized carbons (Fsp3) is 0.900. The lowest BCUT2D eigenvalue weighted by molar-refractivity contribution is -0.113. The predicted molar refractivity (Wildman–Crippen MR) is 55.9 cm³/mol. The number of hydrogen-bond acceptors (Lipinski definition) is 3. The fourth-order valence-corrected chi connectivity index (χ4v) is 4.28. The Morgan fingerprint density at radius 2 is 2.23 bits per heavy atom. The van der Waals surface area contributed by atoms with Crippen molar-refractivity contribution in [3.8, 4) is 0 Å². The predicted octanol–water partition coefficient (Wildman–Crippen LogP) is 1.16. The van der Waals surface area contributed by atoms with Gasteiger partial charge in [0.15, 0.2) is 0 Å². The van der Waals surface area contributed by atoms with E-state index in [1.807, 2.05) is 18.8 Å². The van der Waals surface area contributed by atoms with Gasteiger partial charge in [-0.15, -0.1) is 0 Å². The summed E-state index contributed by atoms with van der Waals surface area (Å²) in [4.78, 5) is 10.9. The Labute approximate surface area is 83.8 Å². The van der Waals surface area contributed by atoms with Gasteiger partial charge in [0, 0.05) is 17.2 Å². The van der Waals surface area contributed by atoms with Crippen LogP contribution in [0.4, 0.5) is 0 Å². The monoisotopic (exact) mass is 199 g/mol. The Hall–Kier alpha value is -0.0200. The van der Waals surface area contributed by atoms with Crippen molar-refractivity contribution in [2.75, 3.05) is 13.3 Å². The van der Waals surface area contributed by atoms with Crippen LogP contribution in [0.2, 0.25) is 0 Å². The number of aldehydes is 1. The Kier molecular flexibility index (Phi) is 2.65. The molecule has 0 radical (unpaired) electrons. The van der Waals surface area contributed by atoms with Gasteiger partial charge in [-0.2, -0.15) is 11.8 Å². The number of rotatable bonds is 3. The lowest BCUT2D eigenvalue weighted by Crippen LogP contribution is -2.43. The zero-order valence-electron chi connectivity index (χ0n) is 8.19. The van der Waals surface area contributed by atoms with Gasteiger partial charge >= 0.3 is 0 Å². The zero-order valence-corrected chi connectivity index (χ0v) is 9.01. The van der Waals surface area contributed by atoms with E-state index in [9.17, 15) is 4.79 Å². The molecule has 2 saturated carbocycles. The molecule has 0 aromatic carbocycles. The number of carbonyl (C=O) groups excluding carboxylic acids is 1. The molecule has 5 atom stereocenters. The van der Waals surface area contributed by atoms with E-state index in [1.165, 1.54) is 19.1 Å². The highest BCUT2D eigenvalue weighted by atomic mass is 32.2. The third kappa shape index (κ3) is 1.33. The SMILES string of the molecule is CNC1C(C=O)C2CC(SC)C1C2. The Morgan fingerprint density at radius 1 is 1.46 bits per heavy atom. The summed E-state index contributed by atoms with van der Waals surface area (Å²) in [5, 5.41) is 4.11. The number of carbonyl (C=O) groups is 1. The molecule has 13 heavy (non-hydrogen) atoms. The van der Waals surface area contributed by atoms with Crippen molar-refractivity contribution < 1.29 is 4.79 Å². The lowest BCUT2D eigenvalue weighted by atomic mass is 9.85. The summed E-state index contributed by atoms with van der Waals surface area (Å²) in [6.07, 6.45) is 5.88. The van der Waals surface area contributed by atoms with Crippen LogP contribution in [0.25, 0.3) is 0 Å². The number of thioether (sulfide) groups is 1. The van der Waals surface area contributed by atoms with Gasteiger partial charge < -0.3 is 10.1 Å². The molecule has 0 amide bonds. The van der Waals surface area contributed by atoms with Crippen LogP contribution in [0.15, 0.2) is 0 Å². The molecule has 0 aliphatic heterocycles. The largest absolute Gasteiger partial charge is 0.316 e. The van der Waals surface area contributed by atoms with Crippen LogP contribution < -0.4 is 5.32 Å². The highest BCUT2D eigenvalue weighted by molar-refractivity contribution is 7.99. The van der Waals surface area contributed by atoms with E-state index in [0.29, 0.717) is 17.9 Å². The smallest absolute Gasteiger partial charge is 0.124 e. The molecule has 0 aromatic heterocycles. The molecule has 1 N–H and O–H groups in total. The second-order valence-corrected chi connectivity index (χ2v) is 5.27. The molecule has 3 heteroatoms. The zero-order chi connectivity index (χ0) is 9.42. The molecule has 2 aliphatic rings. The van der Waals surface area contributed by atoms with Crippen molar-refractivity contribution in [2.45, 2.75) is 24.1 Å². The molecule has 5 unspecified atom stereocenters. The van der Waals surface area contributed by atoms with Gasteiger partial charge in [0.2, 0.25) is 0 Å². The first-order chi connectivity index (χ1) is 6.31. The van der Waals surface area contributed by atoms with E-state index in [2.05, 4.69) is 11.6 Å². The molecule has 0 spiro atoms. The van der Waals surface area contributed by atoms with E-state index in [-0.39, 0.29) is 0 Å². The van der Waals surface area contributed by atoms with Gasteiger partial charge in [-0.25, -0.2) is 0 Å². The van der Waals surface area contributed by atoms with Crippen molar-refractivity contribution >= 4 is 18.0 Å². The summed E-state index contributed by atoms with van der Waals surface area (Å²) in [5.74, 6) is 1.69. The second-order valence-electron chi connectivity index (χ2n) is 4.20. The first-order valence-electron chi connectivity index (χ1n) is 4.97. The minimum Gasteiger partial charge on any atom is -0.316 e. The maximum Gasteiger partial charge on any atom is 0.124 e. The molecule has 0 heterocycles. The van der Waals surface area contributed by atoms with Gasteiger partial charge in [0.05, 0.1) is 0 Å². The maximum absolute atomic E-state index is 10.9. The second kappa shape index (κ2) is 3.62. The highest BCUT2D eigenvalue weighted by Crippen LogP contribution is 2.51. The van der Waals surface area contributed by atoms with Gasteiger partial charge in [-0.05, 0) is 38.0 Å². The topological polar surface area (TPSA) is 29.1 Å². The first-order valence-corrected chi connectivity index (χ1v) is 6.26. The van der Waals surface area contributed by atoms with Crippen LogP contribution in [0.5, 0.6) is 0 Å². The Balaban J connectivity index is 2.13. The summed E-state index contributed by atoms with van der Waals surface area (Å²) in [6, 6.07) is 0.452. The molecule has 2 nitrogen and oxygen atoms in total. The molecule has 2 bridgehead atoms. The van der Waals surface area contributed by atoms with Crippen LogP contribution in [-0.4, -0.2) is 30.9 Å². The molecule has 2 fully saturated rings.